The van der Waals surface area contributed by atoms with Crippen molar-refractivity contribution in [2.45, 2.75) is 44.9 Å². The highest BCUT2D eigenvalue weighted by Gasteiger charge is 2.25. The van der Waals surface area contributed by atoms with Gasteiger partial charge in [-0.05, 0) is 32.3 Å². The number of aliphatic hydroxyl groups is 1. The van der Waals surface area contributed by atoms with E-state index in [2.05, 4.69) is 41.4 Å². The average Bonchev–Trinajstić information content (AvgIpc) is 2.48. The van der Waals surface area contributed by atoms with Crippen LogP contribution in [0.15, 0.2) is 30.3 Å². The molecular formula is C16H24N2O2. The first kappa shape index (κ1) is 15.0. The highest BCUT2D eigenvalue weighted by Crippen LogP contribution is 2.23. The highest BCUT2D eigenvalue weighted by atomic mass is 16.3. The Labute approximate surface area is 120 Å². The van der Waals surface area contributed by atoms with Crippen LogP contribution in [0, 0.1) is 0 Å². The summed E-state index contributed by atoms with van der Waals surface area (Å²) in [6.07, 6.45) is 0.960. The minimum Gasteiger partial charge on any atom is -0.384 e. The maximum Gasteiger partial charge on any atom is 0.248 e. The van der Waals surface area contributed by atoms with E-state index in [-0.39, 0.29) is 11.9 Å². The number of aliphatic hydroxyl groups excluding tert-OH is 1. The van der Waals surface area contributed by atoms with Gasteiger partial charge in [0.1, 0.15) is 6.10 Å². The SMILES string of the molecule is CC(O)C(=O)NC1CCN(C(C)c2ccccc2)CC1. The number of carbonyl (C=O) groups excluding carboxylic acids is 1. The predicted molar refractivity (Wildman–Crippen MR) is 79.3 cm³/mol. The molecule has 2 atom stereocenters. The summed E-state index contributed by atoms with van der Waals surface area (Å²) in [5.41, 5.74) is 1.33. The van der Waals surface area contributed by atoms with E-state index in [1.54, 1.807) is 0 Å². The van der Waals surface area contributed by atoms with Crippen molar-refractivity contribution in [2.24, 2.45) is 0 Å². The van der Waals surface area contributed by atoms with Crippen LogP contribution in [0.2, 0.25) is 0 Å². The lowest BCUT2D eigenvalue weighted by Crippen LogP contribution is -2.47. The molecule has 20 heavy (non-hydrogen) atoms. The first-order valence-corrected chi connectivity index (χ1v) is 7.35. The summed E-state index contributed by atoms with van der Waals surface area (Å²) in [6.45, 7) is 5.67. The number of hydrogen-bond acceptors (Lipinski definition) is 3. The van der Waals surface area contributed by atoms with Gasteiger partial charge in [0.2, 0.25) is 5.91 Å². The van der Waals surface area contributed by atoms with Gasteiger partial charge in [-0.15, -0.1) is 0 Å². The first-order chi connectivity index (χ1) is 9.58. The van der Waals surface area contributed by atoms with Gasteiger partial charge in [0, 0.05) is 25.2 Å². The van der Waals surface area contributed by atoms with Gasteiger partial charge in [-0.1, -0.05) is 30.3 Å². The third-order valence-electron chi connectivity index (χ3n) is 4.09. The van der Waals surface area contributed by atoms with Crippen LogP contribution in [-0.4, -0.2) is 41.1 Å². The standard InChI is InChI=1S/C16H24N2O2/c1-12(14-6-4-3-5-7-14)18-10-8-15(9-11-18)17-16(20)13(2)19/h3-7,12-13,15,19H,8-11H2,1-2H3,(H,17,20). The van der Waals surface area contributed by atoms with Gasteiger partial charge in [-0.25, -0.2) is 0 Å². The van der Waals surface area contributed by atoms with Gasteiger partial charge in [0.25, 0.3) is 0 Å². The normalized spacial score (nSPS) is 20.4. The zero-order valence-corrected chi connectivity index (χ0v) is 12.2. The van der Waals surface area contributed by atoms with E-state index < -0.39 is 6.10 Å². The minimum absolute atomic E-state index is 0.191. The predicted octanol–water partition coefficient (Wildman–Crippen LogP) is 1.71. The topological polar surface area (TPSA) is 52.6 Å². The lowest BCUT2D eigenvalue weighted by atomic mass is 10.00. The van der Waals surface area contributed by atoms with Crippen molar-refractivity contribution in [3.8, 4) is 0 Å². The Bertz CT molecular complexity index is 425. The number of piperidine rings is 1. The number of amides is 1. The Hall–Kier alpha value is -1.39. The Balaban J connectivity index is 1.84. The Morgan fingerprint density at radius 3 is 2.40 bits per heavy atom. The number of nitrogens with zero attached hydrogens (tertiary/aromatic N) is 1. The van der Waals surface area contributed by atoms with Crippen LogP contribution in [0.5, 0.6) is 0 Å². The van der Waals surface area contributed by atoms with Gasteiger partial charge >= 0.3 is 0 Å². The largest absolute Gasteiger partial charge is 0.384 e. The molecule has 4 heteroatoms. The van der Waals surface area contributed by atoms with Gasteiger partial charge in [0.15, 0.2) is 0 Å². The van der Waals surface area contributed by atoms with Crippen LogP contribution < -0.4 is 5.32 Å². The van der Waals surface area contributed by atoms with Crippen LogP contribution in [0.4, 0.5) is 0 Å². The van der Waals surface area contributed by atoms with Gasteiger partial charge in [-0.2, -0.15) is 0 Å². The number of likely N-dealkylation sites (tertiary alicyclic amines) is 1. The maximum absolute atomic E-state index is 11.5. The third-order valence-corrected chi connectivity index (χ3v) is 4.09. The van der Waals surface area contributed by atoms with Crippen molar-refractivity contribution < 1.29 is 9.90 Å². The average molecular weight is 276 g/mol. The maximum atomic E-state index is 11.5. The Morgan fingerprint density at radius 1 is 1.25 bits per heavy atom. The molecular weight excluding hydrogens is 252 g/mol. The molecule has 0 aromatic heterocycles. The summed E-state index contributed by atoms with van der Waals surface area (Å²) in [7, 11) is 0. The molecule has 0 aliphatic carbocycles. The molecule has 110 valence electrons. The molecule has 1 aliphatic heterocycles. The van der Waals surface area contributed by atoms with Crippen LogP contribution >= 0.6 is 0 Å². The Kier molecular flexibility index (Phi) is 5.15. The number of rotatable bonds is 4. The lowest BCUT2D eigenvalue weighted by Gasteiger charge is -2.36. The molecule has 1 saturated heterocycles. The molecule has 0 spiro atoms. The molecule has 1 heterocycles. The fourth-order valence-corrected chi connectivity index (χ4v) is 2.70. The van der Waals surface area contributed by atoms with E-state index in [1.807, 2.05) is 6.07 Å². The van der Waals surface area contributed by atoms with Crippen molar-refractivity contribution in [3.05, 3.63) is 35.9 Å². The fourth-order valence-electron chi connectivity index (χ4n) is 2.70. The monoisotopic (exact) mass is 276 g/mol. The van der Waals surface area contributed by atoms with Crippen molar-refractivity contribution in [2.75, 3.05) is 13.1 Å². The van der Waals surface area contributed by atoms with E-state index in [1.165, 1.54) is 12.5 Å². The zero-order valence-electron chi connectivity index (χ0n) is 12.2. The molecule has 1 amide bonds. The van der Waals surface area contributed by atoms with Gasteiger partial charge in [0.05, 0.1) is 0 Å². The van der Waals surface area contributed by atoms with Crippen molar-refractivity contribution in [1.82, 2.24) is 10.2 Å². The second-order valence-corrected chi connectivity index (χ2v) is 5.58. The summed E-state index contributed by atoms with van der Waals surface area (Å²) >= 11 is 0. The molecule has 2 N–H and O–H groups in total. The van der Waals surface area contributed by atoms with Gasteiger partial charge in [-0.3, -0.25) is 9.69 Å². The third kappa shape index (κ3) is 3.81. The first-order valence-electron chi connectivity index (χ1n) is 7.35. The smallest absolute Gasteiger partial charge is 0.248 e. The van der Waals surface area contributed by atoms with Crippen LogP contribution in [0.1, 0.15) is 38.3 Å². The van der Waals surface area contributed by atoms with Crippen molar-refractivity contribution >= 4 is 5.91 Å². The Morgan fingerprint density at radius 2 is 1.85 bits per heavy atom. The van der Waals surface area contributed by atoms with E-state index in [4.69, 9.17) is 0 Å². The molecule has 4 nitrogen and oxygen atoms in total. The molecule has 2 unspecified atom stereocenters. The second kappa shape index (κ2) is 6.86. The fraction of sp³-hybridized carbons (Fsp3) is 0.562. The molecule has 1 aromatic rings. The summed E-state index contributed by atoms with van der Waals surface area (Å²) in [5.74, 6) is -0.264. The molecule has 0 saturated carbocycles. The molecule has 1 fully saturated rings. The summed E-state index contributed by atoms with van der Waals surface area (Å²) < 4.78 is 0. The lowest BCUT2D eigenvalue weighted by molar-refractivity contribution is -0.129. The van der Waals surface area contributed by atoms with E-state index in [0.717, 1.165) is 25.9 Å². The van der Waals surface area contributed by atoms with Crippen molar-refractivity contribution in [3.63, 3.8) is 0 Å². The molecule has 0 bridgehead atoms. The molecule has 1 aliphatic rings. The summed E-state index contributed by atoms with van der Waals surface area (Å²) in [4.78, 5) is 13.9. The number of carbonyl (C=O) groups is 1. The van der Waals surface area contributed by atoms with Crippen LogP contribution in [0.3, 0.4) is 0 Å². The second-order valence-electron chi connectivity index (χ2n) is 5.58. The molecule has 2 rings (SSSR count). The zero-order chi connectivity index (χ0) is 14.5. The number of hydrogen-bond donors (Lipinski definition) is 2. The number of nitrogens with one attached hydrogen (secondary N) is 1. The highest BCUT2D eigenvalue weighted by molar-refractivity contribution is 5.80. The van der Waals surface area contributed by atoms with E-state index >= 15 is 0 Å². The molecule has 0 radical (unpaired) electrons. The van der Waals surface area contributed by atoms with Crippen LogP contribution in [-0.2, 0) is 4.79 Å². The van der Waals surface area contributed by atoms with Crippen molar-refractivity contribution in [1.29, 1.82) is 0 Å². The van der Waals surface area contributed by atoms with E-state index in [0.29, 0.717) is 6.04 Å². The molecule has 1 aromatic carbocycles. The van der Waals surface area contributed by atoms with E-state index in [9.17, 15) is 9.90 Å². The number of benzene rings is 1. The summed E-state index contributed by atoms with van der Waals surface area (Å²) in [6, 6.07) is 11.1. The minimum atomic E-state index is -0.920. The van der Waals surface area contributed by atoms with Gasteiger partial charge < -0.3 is 10.4 Å². The van der Waals surface area contributed by atoms with Crippen LogP contribution in [0.25, 0.3) is 0 Å². The summed E-state index contributed by atoms with van der Waals surface area (Å²) in [5, 5.41) is 12.1. The quantitative estimate of drug-likeness (QED) is 0.880.